The molecule has 7 heteroatoms. The fourth-order valence-electron chi connectivity index (χ4n) is 4.03. The van der Waals surface area contributed by atoms with E-state index in [-0.39, 0.29) is 24.1 Å². The molecule has 1 atom stereocenters. The van der Waals surface area contributed by atoms with Gasteiger partial charge in [0, 0.05) is 26.2 Å². The van der Waals surface area contributed by atoms with Crippen LogP contribution >= 0.6 is 0 Å². The fourth-order valence-corrected chi connectivity index (χ4v) is 4.03. The first-order chi connectivity index (χ1) is 11.8. The second-order valence-electron chi connectivity index (χ2n) is 8.14. The average Bonchev–Trinajstić information content (AvgIpc) is 2.48. The standard InChI is InChI=1S/C18H33N3O4/c1-14(2)9-18(5-4-6-18)13-19-17(24)21-7-8-25-15(11-21)10-20(3)12-16(22)23/h14-15H,4-13H2,1-3H3,(H,19,24)(H,22,23). The molecule has 0 spiro atoms. The zero-order valence-corrected chi connectivity index (χ0v) is 15.8. The number of hydrogen-bond donors (Lipinski definition) is 2. The summed E-state index contributed by atoms with van der Waals surface area (Å²) >= 11 is 0. The average molecular weight is 355 g/mol. The lowest BCUT2D eigenvalue weighted by atomic mass is 9.64. The van der Waals surface area contributed by atoms with Crippen LogP contribution in [0.4, 0.5) is 4.79 Å². The third-order valence-electron chi connectivity index (χ3n) is 5.22. The molecule has 2 N–H and O–H groups in total. The largest absolute Gasteiger partial charge is 0.480 e. The number of nitrogens with one attached hydrogen (secondary N) is 1. The Morgan fingerprint density at radius 1 is 1.40 bits per heavy atom. The van der Waals surface area contributed by atoms with E-state index in [9.17, 15) is 9.59 Å². The van der Waals surface area contributed by atoms with Crippen molar-refractivity contribution in [1.29, 1.82) is 0 Å². The molecule has 7 nitrogen and oxygen atoms in total. The Morgan fingerprint density at radius 3 is 2.68 bits per heavy atom. The molecule has 1 saturated carbocycles. The Morgan fingerprint density at radius 2 is 2.12 bits per heavy atom. The van der Waals surface area contributed by atoms with Crippen molar-refractivity contribution in [1.82, 2.24) is 15.1 Å². The monoisotopic (exact) mass is 355 g/mol. The Labute approximate surface area is 150 Å². The molecule has 0 bridgehead atoms. The minimum absolute atomic E-state index is 0.0239. The van der Waals surface area contributed by atoms with Gasteiger partial charge in [-0.2, -0.15) is 0 Å². The van der Waals surface area contributed by atoms with E-state index < -0.39 is 5.97 Å². The smallest absolute Gasteiger partial charge is 0.317 e. The number of rotatable bonds is 8. The van der Waals surface area contributed by atoms with Gasteiger partial charge < -0.3 is 20.1 Å². The number of carboxylic acid groups (broad SMARTS) is 1. The number of carbonyl (C=O) groups excluding carboxylic acids is 1. The van der Waals surface area contributed by atoms with E-state index in [0.29, 0.717) is 32.2 Å². The van der Waals surface area contributed by atoms with Crippen molar-refractivity contribution in [2.45, 2.75) is 45.6 Å². The molecule has 1 aliphatic heterocycles. The van der Waals surface area contributed by atoms with Crippen molar-refractivity contribution < 1.29 is 19.4 Å². The predicted molar refractivity (Wildman–Crippen MR) is 95.6 cm³/mol. The van der Waals surface area contributed by atoms with Crippen LogP contribution in [0.15, 0.2) is 0 Å². The minimum Gasteiger partial charge on any atom is -0.480 e. The molecule has 0 aromatic rings. The van der Waals surface area contributed by atoms with Gasteiger partial charge in [0.15, 0.2) is 0 Å². The molecular weight excluding hydrogens is 322 g/mol. The number of aliphatic carboxylic acids is 1. The lowest BCUT2D eigenvalue weighted by Gasteiger charge is -2.44. The van der Waals surface area contributed by atoms with Crippen molar-refractivity contribution in [3.63, 3.8) is 0 Å². The molecule has 0 radical (unpaired) electrons. The number of likely N-dealkylation sites (N-methyl/N-ethyl adjacent to an activating group) is 1. The summed E-state index contributed by atoms with van der Waals surface area (Å²) in [5.74, 6) is -0.210. The molecule has 1 saturated heterocycles. The third kappa shape index (κ3) is 6.15. The maximum atomic E-state index is 12.5. The summed E-state index contributed by atoms with van der Waals surface area (Å²) in [5.41, 5.74) is 0.289. The van der Waals surface area contributed by atoms with Crippen LogP contribution in [0.25, 0.3) is 0 Å². The van der Waals surface area contributed by atoms with Gasteiger partial charge in [0.25, 0.3) is 0 Å². The van der Waals surface area contributed by atoms with E-state index >= 15 is 0 Å². The molecule has 25 heavy (non-hydrogen) atoms. The van der Waals surface area contributed by atoms with Crippen LogP contribution in [0.1, 0.15) is 39.5 Å². The highest BCUT2D eigenvalue weighted by Crippen LogP contribution is 2.45. The quantitative estimate of drug-likeness (QED) is 0.691. The summed E-state index contributed by atoms with van der Waals surface area (Å²) in [6, 6.07) is -0.0239. The van der Waals surface area contributed by atoms with Crippen molar-refractivity contribution >= 4 is 12.0 Å². The second kappa shape index (κ2) is 8.85. The van der Waals surface area contributed by atoms with Crippen molar-refractivity contribution in [3.05, 3.63) is 0 Å². The molecule has 1 unspecified atom stereocenters. The number of ether oxygens (including phenoxy) is 1. The lowest BCUT2D eigenvalue weighted by molar-refractivity contribution is -0.138. The molecule has 1 heterocycles. The minimum atomic E-state index is -0.858. The summed E-state index contributed by atoms with van der Waals surface area (Å²) in [4.78, 5) is 26.8. The van der Waals surface area contributed by atoms with Crippen LogP contribution in [-0.2, 0) is 9.53 Å². The van der Waals surface area contributed by atoms with Gasteiger partial charge in [-0.25, -0.2) is 4.79 Å². The van der Waals surface area contributed by atoms with E-state index in [1.807, 2.05) is 0 Å². The maximum absolute atomic E-state index is 12.5. The van der Waals surface area contributed by atoms with Gasteiger partial charge in [-0.1, -0.05) is 20.3 Å². The number of carboxylic acids is 1. The molecule has 144 valence electrons. The highest BCUT2D eigenvalue weighted by molar-refractivity contribution is 5.74. The van der Waals surface area contributed by atoms with Crippen LogP contribution in [-0.4, -0.2) is 79.4 Å². The first kappa shape index (κ1) is 20.0. The van der Waals surface area contributed by atoms with E-state index in [1.54, 1.807) is 16.8 Å². The number of amides is 2. The Hall–Kier alpha value is -1.34. The molecule has 2 amide bonds. The highest BCUT2D eigenvalue weighted by atomic mass is 16.5. The third-order valence-corrected chi connectivity index (χ3v) is 5.22. The van der Waals surface area contributed by atoms with Gasteiger partial charge in [0.2, 0.25) is 0 Å². The van der Waals surface area contributed by atoms with Gasteiger partial charge in [-0.3, -0.25) is 9.69 Å². The fraction of sp³-hybridized carbons (Fsp3) is 0.889. The first-order valence-electron chi connectivity index (χ1n) is 9.34. The van der Waals surface area contributed by atoms with Gasteiger partial charge in [0.1, 0.15) is 0 Å². The molecule has 2 fully saturated rings. The summed E-state index contributed by atoms with van der Waals surface area (Å²) in [7, 11) is 1.75. The number of urea groups is 1. The van der Waals surface area contributed by atoms with Gasteiger partial charge in [-0.05, 0) is 37.6 Å². The molecule has 2 rings (SSSR count). The topological polar surface area (TPSA) is 82.1 Å². The number of morpholine rings is 1. The van der Waals surface area contributed by atoms with E-state index in [4.69, 9.17) is 9.84 Å². The number of nitrogens with zero attached hydrogens (tertiary/aromatic N) is 2. The molecule has 0 aromatic carbocycles. The van der Waals surface area contributed by atoms with Crippen LogP contribution in [0.2, 0.25) is 0 Å². The van der Waals surface area contributed by atoms with Crippen LogP contribution < -0.4 is 5.32 Å². The van der Waals surface area contributed by atoms with Crippen LogP contribution in [0, 0.1) is 11.3 Å². The van der Waals surface area contributed by atoms with E-state index in [0.717, 1.165) is 6.54 Å². The first-order valence-corrected chi connectivity index (χ1v) is 9.34. The predicted octanol–water partition coefficient (Wildman–Crippen LogP) is 1.63. The number of hydrogen-bond acceptors (Lipinski definition) is 4. The van der Waals surface area contributed by atoms with Gasteiger partial charge >= 0.3 is 12.0 Å². The molecule has 1 aliphatic carbocycles. The summed E-state index contributed by atoms with van der Waals surface area (Å²) in [6.45, 7) is 7.30. The summed E-state index contributed by atoms with van der Waals surface area (Å²) in [6.07, 6.45) is 4.70. The second-order valence-corrected chi connectivity index (χ2v) is 8.14. The van der Waals surface area contributed by atoms with Crippen molar-refractivity contribution in [2.75, 3.05) is 46.4 Å². The maximum Gasteiger partial charge on any atom is 0.317 e. The van der Waals surface area contributed by atoms with E-state index in [1.165, 1.54) is 25.7 Å². The molecule has 0 aromatic heterocycles. The van der Waals surface area contributed by atoms with Crippen molar-refractivity contribution in [3.8, 4) is 0 Å². The van der Waals surface area contributed by atoms with Crippen LogP contribution in [0.5, 0.6) is 0 Å². The Balaban J connectivity index is 1.78. The van der Waals surface area contributed by atoms with Gasteiger partial charge in [-0.15, -0.1) is 0 Å². The zero-order chi connectivity index (χ0) is 18.4. The number of carbonyl (C=O) groups is 2. The Bertz CT molecular complexity index is 465. The van der Waals surface area contributed by atoms with E-state index in [2.05, 4.69) is 19.2 Å². The molecule has 2 aliphatic rings. The zero-order valence-electron chi connectivity index (χ0n) is 15.8. The normalized spacial score (nSPS) is 22.8. The summed E-state index contributed by atoms with van der Waals surface area (Å²) in [5, 5.41) is 12.0. The van der Waals surface area contributed by atoms with Crippen molar-refractivity contribution in [2.24, 2.45) is 11.3 Å². The lowest BCUT2D eigenvalue weighted by Crippen LogP contribution is -2.54. The van der Waals surface area contributed by atoms with Gasteiger partial charge in [0.05, 0.1) is 19.3 Å². The molecular formula is C18H33N3O4. The SMILES string of the molecule is CC(C)CC1(CNC(=O)N2CCOC(CN(C)CC(=O)O)C2)CCC1. The van der Waals surface area contributed by atoms with Crippen LogP contribution in [0.3, 0.4) is 0 Å². The Kier molecular flexibility index (Phi) is 7.07. The highest BCUT2D eigenvalue weighted by Gasteiger charge is 2.38. The summed E-state index contributed by atoms with van der Waals surface area (Å²) < 4.78 is 5.68.